The number of benzene rings is 1. The molecule has 1 heterocycles. The lowest BCUT2D eigenvalue weighted by atomic mass is 10.0. The predicted molar refractivity (Wildman–Crippen MR) is 86.6 cm³/mol. The van der Waals surface area contributed by atoms with Gasteiger partial charge in [-0.1, -0.05) is 12.1 Å². The largest absolute Gasteiger partial charge is 0.497 e. The summed E-state index contributed by atoms with van der Waals surface area (Å²) in [7, 11) is 1.60. The second-order valence-corrected chi connectivity index (χ2v) is 5.36. The number of esters is 1. The van der Waals surface area contributed by atoms with Crippen molar-refractivity contribution >= 4 is 28.2 Å². The Morgan fingerprint density at radius 2 is 1.91 bits per heavy atom. The van der Waals surface area contributed by atoms with Crippen molar-refractivity contribution in [2.24, 2.45) is 0 Å². The van der Waals surface area contributed by atoms with Gasteiger partial charge in [-0.3, -0.25) is 4.79 Å². The number of ether oxygens (including phenoxy) is 2. The summed E-state index contributed by atoms with van der Waals surface area (Å²) in [6.07, 6.45) is 0. The molecule has 6 heteroatoms. The summed E-state index contributed by atoms with van der Waals surface area (Å²) in [6.45, 7) is 3.42. The van der Waals surface area contributed by atoms with Gasteiger partial charge in [-0.15, -0.1) is 11.3 Å². The highest BCUT2D eigenvalue weighted by Gasteiger charge is 2.22. The summed E-state index contributed by atoms with van der Waals surface area (Å²) in [5.74, 6) is 0.0609. The van der Waals surface area contributed by atoms with E-state index in [0.29, 0.717) is 10.6 Å². The van der Waals surface area contributed by atoms with Gasteiger partial charge in [-0.2, -0.15) is 0 Å². The number of methoxy groups -OCH3 is 1. The Morgan fingerprint density at radius 3 is 2.45 bits per heavy atom. The zero-order chi connectivity index (χ0) is 16.1. The molecule has 116 valence electrons. The standard InChI is InChI=1S/C16H17NO4S/c1-4-21-16(19)14-13(9-22-15(14)17-10(2)18)11-5-7-12(20-3)8-6-11/h5-9H,4H2,1-3H3,(H,17,18). The van der Waals surface area contributed by atoms with Gasteiger partial charge >= 0.3 is 5.97 Å². The lowest BCUT2D eigenvalue weighted by molar-refractivity contribution is -0.114. The monoisotopic (exact) mass is 319 g/mol. The fourth-order valence-corrected chi connectivity index (χ4v) is 3.00. The Kier molecular flexibility index (Phi) is 5.16. The molecule has 0 aliphatic rings. The van der Waals surface area contributed by atoms with Crippen molar-refractivity contribution in [3.05, 3.63) is 35.2 Å². The van der Waals surface area contributed by atoms with Crippen LogP contribution in [-0.4, -0.2) is 25.6 Å². The number of rotatable bonds is 5. The molecule has 5 nitrogen and oxygen atoms in total. The smallest absolute Gasteiger partial charge is 0.341 e. The van der Waals surface area contributed by atoms with Gasteiger partial charge in [0.25, 0.3) is 0 Å². The Morgan fingerprint density at radius 1 is 1.23 bits per heavy atom. The minimum absolute atomic E-state index is 0.228. The van der Waals surface area contributed by atoms with Gasteiger partial charge in [0.1, 0.15) is 16.3 Å². The molecular formula is C16H17NO4S. The fraction of sp³-hybridized carbons (Fsp3) is 0.250. The molecule has 2 rings (SSSR count). The van der Waals surface area contributed by atoms with Crippen molar-refractivity contribution in [3.63, 3.8) is 0 Å². The lowest BCUT2D eigenvalue weighted by Crippen LogP contribution is -2.11. The van der Waals surface area contributed by atoms with Gasteiger partial charge in [-0.25, -0.2) is 4.79 Å². The first-order valence-corrected chi connectivity index (χ1v) is 7.65. The normalized spacial score (nSPS) is 10.1. The lowest BCUT2D eigenvalue weighted by Gasteiger charge is -2.08. The van der Waals surface area contributed by atoms with Gasteiger partial charge in [0.2, 0.25) is 5.91 Å². The molecule has 1 aromatic carbocycles. The maximum absolute atomic E-state index is 12.2. The Bertz CT molecular complexity index is 676. The molecule has 0 spiro atoms. The van der Waals surface area contributed by atoms with Gasteiger partial charge < -0.3 is 14.8 Å². The molecule has 0 atom stereocenters. The highest BCUT2D eigenvalue weighted by Crippen LogP contribution is 2.36. The molecular weight excluding hydrogens is 302 g/mol. The predicted octanol–water partition coefficient (Wildman–Crippen LogP) is 3.56. The summed E-state index contributed by atoms with van der Waals surface area (Å²) < 4.78 is 10.2. The van der Waals surface area contributed by atoms with E-state index in [0.717, 1.165) is 16.9 Å². The van der Waals surface area contributed by atoms with Crippen molar-refractivity contribution < 1.29 is 19.1 Å². The van der Waals surface area contributed by atoms with Crippen molar-refractivity contribution in [2.75, 3.05) is 19.0 Å². The number of nitrogens with one attached hydrogen (secondary N) is 1. The van der Waals surface area contributed by atoms with Gasteiger partial charge in [-0.05, 0) is 24.6 Å². The number of anilines is 1. The van der Waals surface area contributed by atoms with Gasteiger partial charge in [0, 0.05) is 17.9 Å². The second kappa shape index (κ2) is 7.09. The second-order valence-electron chi connectivity index (χ2n) is 4.48. The van der Waals surface area contributed by atoms with Crippen molar-refractivity contribution in [2.45, 2.75) is 13.8 Å². The van der Waals surface area contributed by atoms with Crippen LogP contribution >= 0.6 is 11.3 Å². The first-order chi connectivity index (χ1) is 10.6. The highest BCUT2D eigenvalue weighted by molar-refractivity contribution is 7.15. The van der Waals surface area contributed by atoms with Crippen LogP contribution in [0.25, 0.3) is 11.1 Å². The third-order valence-corrected chi connectivity index (χ3v) is 3.86. The van der Waals surface area contributed by atoms with Crippen LogP contribution in [-0.2, 0) is 9.53 Å². The van der Waals surface area contributed by atoms with E-state index in [-0.39, 0.29) is 12.5 Å². The Hall–Kier alpha value is -2.34. The number of carbonyl (C=O) groups excluding carboxylic acids is 2. The van der Waals surface area contributed by atoms with E-state index in [9.17, 15) is 9.59 Å². The number of amides is 1. The van der Waals surface area contributed by atoms with Crippen LogP contribution < -0.4 is 10.1 Å². The molecule has 0 radical (unpaired) electrons. The molecule has 1 amide bonds. The number of hydrogen-bond donors (Lipinski definition) is 1. The molecule has 0 saturated heterocycles. The van der Waals surface area contributed by atoms with Crippen LogP contribution in [0, 0.1) is 0 Å². The molecule has 22 heavy (non-hydrogen) atoms. The number of carbonyl (C=O) groups is 2. The van der Waals surface area contributed by atoms with E-state index in [4.69, 9.17) is 9.47 Å². The number of thiophene rings is 1. The first kappa shape index (κ1) is 16.0. The summed E-state index contributed by atoms with van der Waals surface area (Å²) in [5, 5.41) is 5.01. The van der Waals surface area contributed by atoms with E-state index in [1.807, 2.05) is 29.6 Å². The molecule has 1 aromatic heterocycles. The molecule has 2 aromatic rings. The summed E-state index contributed by atoms with van der Waals surface area (Å²) >= 11 is 1.30. The molecule has 0 aliphatic heterocycles. The summed E-state index contributed by atoms with van der Waals surface area (Å²) in [6, 6.07) is 7.36. The maximum atomic E-state index is 12.2. The van der Waals surface area contributed by atoms with E-state index in [1.165, 1.54) is 18.3 Å². The van der Waals surface area contributed by atoms with Crippen molar-refractivity contribution in [3.8, 4) is 16.9 Å². The van der Waals surface area contributed by atoms with Gasteiger partial charge in [0.15, 0.2) is 0 Å². The average molecular weight is 319 g/mol. The van der Waals surface area contributed by atoms with Crippen LogP contribution in [0.1, 0.15) is 24.2 Å². The summed E-state index contributed by atoms with van der Waals surface area (Å²) in [5.41, 5.74) is 1.97. The third kappa shape index (κ3) is 3.46. The zero-order valence-corrected chi connectivity index (χ0v) is 13.5. The molecule has 0 bridgehead atoms. The third-order valence-electron chi connectivity index (χ3n) is 2.96. The SMILES string of the molecule is CCOC(=O)c1c(-c2ccc(OC)cc2)csc1NC(C)=O. The van der Waals surface area contributed by atoms with E-state index in [2.05, 4.69) is 5.32 Å². The molecule has 0 fully saturated rings. The molecule has 0 saturated carbocycles. The fourth-order valence-electron chi connectivity index (χ4n) is 2.00. The first-order valence-electron chi connectivity index (χ1n) is 6.77. The van der Waals surface area contributed by atoms with Gasteiger partial charge in [0.05, 0.1) is 13.7 Å². The summed E-state index contributed by atoms with van der Waals surface area (Å²) in [4.78, 5) is 23.5. The van der Waals surface area contributed by atoms with Crippen LogP contribution in [0.2, 0.25) is 0 Å². The minimum Gasteiger partial charge on any atom is -0.497 e. The van der Waals surface area contributed by atoms with Crippen molar-refractivity contribution in [1.29, 1.82) is 0 Å². The average Bonchev–Trinajstić information content (AvgIpc) is 2.90. The maximum Gasteiger partial charge on any atom is 0.341 e. The van der Waals surface area contributed by atoms with Crippen LogP contribution in [0.15, 0.2) is 29.6 Å². The Balaban J connectivity index is 2.47. The molecule has 0 aliphatic carbocycles. The zero-order valence-electron chi connectivity index (χ0n) is 12.6. The Labute approximate surface area is 132 Å². The van der Waals surface area contributed by atoms with E-state index >= 15 is 0 Å². The quantitative estimate of drug-likeness (QED) is 0.856. The van der Waals surface area contributed by atoms with E-state index in [1.54, 1.807) is 14.0 Å². The van der Waals surface area contributed by atoms with Crippen LogP contribution in [0.5, 0.6) is 5.75 Å². The minimum atomic E-state index is -0.446. The molecule has 1 N–H and O–H groups in total. The molecule has 0 unspecified atom stereocenters. The highest BCUT2D eigenvalue weighted by atomic mass is 32.1. The number of hydrogen-bond acceptors (Lipinski definition) is 5. The van der Waals surface area contributed by atoms with Crippen LogP contribution in [0.4, 0.5) is 5.00 Å². The topological polar surface area (TPSA) is 64.6 Å². The van der Waals surface area contributed by atoms with Crippen LogP contribution in [0.3, 0.4) is 0 Å². The van der Waals surface area contributed by atoms with Crippen molar-refractivity contribution in [1.82, 2.24) is 0 Å². The van der Waals surface area contributed by atoms with E-state index < -0.39 is 5.97 Å².